The van der Waals surface area contributed by atoms with Crippen molar-refractivity contribution >= 4 is 21.1 Å². The second kappa shape index (κ2) is 5.59. The van der Waals surface area contributed by atoms with Crippen molar-refractivity contribution in [3.63, 3.8) is 0 Å². The van der Waals surface area contributed by atoms with Crippen LogP contribution in [0, 0.1) is 0 Å². The molecule has 0 atom stereocenters. The zero-order valence-electron chi connectivity index (χ0n) is 13.7. The summed E-state index contributed by atoms with van der Waals surface area (Å²) in [4.78, 5) is 2.13. The van der Waals surface area contributed by atoms with Crippen LogP contribution in [0.2, 0.25) is 0 Å². The van der Waals surface area contributed by atoms with Gasteiger partial charge in [0, 0.05) is 0 Å². The van der Waals surface area contributed by atoms with E-state index in [9.17, 15) is 8.42 Å². The van der Waals surface area contributed by atoms with Crippen LogP contribution in [0.25, 0.3) is 11.0 Å². The minimum atomic E-state index is -3.39. The Morgan fingerprint density at radius 3 is 2.52 bits per heavy atom. The molecule has 1 aromatic carbocycles. The number of para-hydroxylation sites is 2. The summed E-state index contributed by atoms with van der Waals surface area (Å²) < 4.78 is 26.8. The molecule has 0 unspecified atom stereocenters. The van der Waals surface area contributed by atoms with Crippen LogP contribution in [0.4, 0.5) is 0 Å². The van der Waals surface area contributed by atoms with E-state index >= 15 is 0 Å². The van der Waals surface area contributed by atoms with Crippen molar-refractivity contribution in [1.29, 1.82) is 0 Å². The van der Waals surface area contributed by atoms with Gasteiger partial charge in [0.25, 0.3) is 5.82 Å². The summed E-state index contributed by atoms with van der Waals surface area (Å²) in [6.45, 7) is 0. The van der Waals surface area contributed by atoms with E-state index < -0.39 is 15.6 Å². The lowest BCUT2D eigenvalue weighted by atomic mass is 9.97. The molecule has 7 nitrogen and oxygen atoms in total. The first-order valence-electron chi connectivity index (χ1n) is 7.67. The largest absolute Gasteiger partial charge is 0.287 e. The number of hydrogen-bond acceptors (Lipinski definition) is 4. The Morgan fingerprint density at radius 2 is 1.91 bits per heavy atom. The Hall–Kier alpha value is -1.96. The second-order valence-corrected chi connectivity index (χ2v) is 7.96. The fourth-order valence-corrected chi connectivity index (χ4v) is 3.82. The lowest BCUT2D eigenvalue weighted by Crippen LogP contribution is -2.41. The van der Waals surface area contributed by atoms with Crippen LogP contribution >= 0.6 is 0 Å². The van der Waals surface area contributed by atoms with Crippen molar-refractivity contribution in [2.24, 2.45) is 24.4 Å². The molecule has 1 fully saturated rings. The molecule has 23 heavy (non-hydrogen) atoms. The van der Waals surface area contributed by atoms with Gasteiger partial charge in [0.05, 0.1) is 20.4 Å². The molecule has 1 aromatic heterocycles. The average Bonchev–Trinajstić information content (AvgIpc) is 3.04. The summed E-state index contributed by atoms with van der Waals surface area (Å²) in [5.41, 5.74) is 1.77. The molecule has 0 bridgehead atoms. The van der Waals surface area contributed by atoms with Gasteiger partial charge in [0.1, 0.15) is 0 Å². The fourth-order valence-electron chi connectivity index (χ4n) is 3.63. The third kappa shape index (κ3) is 2.83. The summed E-state index contributed by atoms with van der Waals surface area (Å²) in [5, 5.41) is 8.21. The van der Waals surface area contributed by atoms with Crippen LogP contribution in [0.15, 0.2) is 34.6 Å². The summed E-state index contributed by atoms with van der Waals surface area (Å²) in [6.07, 6.45) is 4.91. The first-order chi connectivity index (χ1) is 10.8. The number of fused-ring (bicyclic) bond motifs is 1. The van der Waals surface area contributed by atoms with Crippen molar-refractivity contribution in [1.82, 2.24) is 9.40 Å². The highest BCUT2D eigenvalue weighted by Crippen LogP contribution is 2.42. The third-order valence-corrected chi connectivity index (χ3v) is 4.95. The van der Waals surface area contributed by atoms with Crippen LogP contribution < -0.4 is 9.40 Å². The van der Waals surface area contributed by atoms with E-state index in [1.54, 1.807) is 0 Å². The Bertz CT molecular complexity index is 824. The Morgan fingerprint density at radius 1 is 1.26 bits per heavy atom. The molecule has 2 aromatic rings. The van der Waals surface area contributed by atoms with Gasteiger partial charge >= 0.3 is 0 Å². The molecule has 0 saturated heterocycles. The number of aryl methyl sites for hydroxylation is 2. The molecule has 3 rings (SSSR count). The van der Waals surface area contributed by atoms with Crippen molar-refractivity contribution in [3.8, 4) is 0 Å². The monoisotopic (exact) mass is 336 g/mol. The zero-order chi connectivity index (χ0) is 16.7. The lowest BCUT2D eigenvalue weighted by molar-refractivity contribution is -0.658. The number of nitrogens with zero attached hydrogens (tertiary/aromatic N) is 4. The Kier molecular flexibility index (Phi) is 3.87. The SMILES string of the molecule is Cn1c(C2(N=NNS(C)(=O)=O)CCCC2)[n+](C)c2ccccc21. The number of aromatic nitrogens is 2. The minimum absolute atomic E-state index is 0.486. The van der Waals surface area contributed by atoms with Crippen LogP contribution in [-0.2, 0) is 29.7 Å². The lowest BCUT2D eigenvalue weighted by Gasteiger charge is -2.19. The zero-order valence-corrected chi connectivity index (χ0v) is 14.5. The number of hydrogen-bond donors (Lipinski definition) is 1. The van der Waals surface area contributed by atoms with Crippen LogP contribution in [0.5, 0.6) is 0 Å². The predicted molar refractivity (Wildman–Crippen MR) is 87.1 cm³/mol. The van der Waals surface area contributed by atoms with Gasteiger partial charge in [-0.25, -0.2) is 17.6 Å². The van der Waals surface area contributed by atoms with E-state index in [1.165, 1.54) is 0 Å². The molecule has 0 radical (unpaired) electrons. The first-order valence-corrected chi connectivity index (χ1v) is 9.56. The molecule has 0 spiro atoms. The topological polar surface area (TPSA) is 79.7 Å². The summed E-state index contributed by atoms with van der Waals surface area (Å²) in [7, 11) is 0.656. The van der Waals surface area contributed by atoms with Gasteiger partial charge < -0.3 is 0 Å². The van der Waals surface area contributed by atoms with E-state index in [-0.39, 0.29) is 0 Å². The Labute approximate surface area is 136 Å². The minimum Gasteiger partial charge on any atom is -0.228 e. The van der Waals surface area contributed by atoms with Gasteiger partial charge in [-0.3, -0.25) is 0 Å². The molecular weight excluding hydrogens is 314 g/mol. The van der Waals surface area contributed by atoms with Gasteiger partial charge in [-0.05, 0) is 25.0 Å². The molecule has 1 N–H and O–H groups in total. The number of imidazole rings is 1. The average molecular weight is 336 g/mol. The highest BCUT2D eigenvalue weighted by atomic mass is 32.2. The van der Waals surface area contributed by atoms with Crippen molar-refractivity contribution in [3.05, 3.63) is 30.1 Å². The van der Waals surface area contributed by atoms with Gasteiger partial charge in [-0.15, -0.1) is 0 Å². The molecule has 124 valence electrons. The summed E-state index contributed by atoms with van der Waals surface area (Å²) >= 11 is 0. The van der Waals surface area contributed by atoms with Crippen LogP contribution in [0.3, 0.4) is 0 Å². The maximum Gasteiger partial charge on any atom is 0.287 e. The van der Waals surface area contributed by atoms with E-state index in [1.807, 2.05) is 26.2 Å². The molecule has 1 aliphatic carbocycles. The highest BCUT2D eigenvalue weighted by Gasteiger charge is 2.46. The number of sulfonamides is 1. The maximum atomic E-state index is 11.2. The standard InChI is InChI=1S/C15H22N5O2S/c1-19-12-8-4-5-9-13(12)20(2)14(19)15(10-6-7-11-15)16-17-18-23(3,21)22/h4-5,8-9H,6-7,10-11H2,1-3H3,(H,16,18)/q+1. The Balaban J connectivity index is 2.12. The van der Waals surface area contributed by atoms with E-state index in [4.69, 9.17) is 0 Å². The molecule has 0 aliphatic heterocycles. The van der Waals surface area contributed by atoms with Crippen LogP contribution in [-0.4, -0.2) is 19.2 Å². The molecule has 1 heterocycles. The number of nitrogens with one attached hydrogen (secondary N) is 1. The van der Waals surface area contributed by atoms with Crippen molar-refractivity contribution in [2.45, 2.75) is 31.2 Å². The summed E-state index contributed by atoms with van der Waals surface area (Å²) in [6, 6.07) is 8.18. The smallest absolute Gasteiger partial charge is 0.228 e. The van der Waals surface area contributed by atoms with Gasteiger partial charge in [0.2, 0.25) is 10.0 Å². The normalized spacial score (nSPS) is 18.0. The molecule has 8 heteroatoms. The summed E-state index contributed by atoms with van der Waals surface area (Å²) in [5.74, 6) is 1.05. The van der Waals surface area contributed by atoms with Crippen molar-refractivity contribution in [2.75, 3.05) is 6.26 Å². The maximum absolute atomic E-state index is 11.2. The van der Waals surface area contributed by atoms with Crippen LogP contribution in [0.1, 0.15) is 31.5 Å². The first kappa shape index (κ1) is 15.9. The molecule has 1 aliphatic rings. The van der Waals surface area contributed by atoms with E-state index in [2.05, 4.69) is 36.4 Å². The second-order valence-electron chi connectivity index (χ2n) is 6.23. The van der Waals surface area contributed by atoms with Crippen molar-refractivity contribution < 1.29 is 13.0 Å². The number of rotatable bonds is 4. The molecule has 1 saturated carbocycles. The fraction of sp³-hybridized carbons (Fsp3) is 0.533. The quantitative estimate of drug-likeness (QED) is 0.524. The molecule has 0 amide bonds. The van der Waals surface area contributed by atoms with E-state index in [0.717, 1.165) is 48.8 Å². The third-order valence-electron chi connectivity index (χ3n) is 4.53. The highest BCUT2D eigenvalue weighted by molar-refractivity contribution is 7.88. The van der Waals surface area contributed by atoms with E-state index in [0.29, 0.717) is 0 Å². The van der Waals surface area contributed by atoms with Gasteiger partial charge in [-0.1, -0.05) is 30.2 Å². The van der Waals surface area contributed by atoms with Gasteiger partial charge in [0.15, 0.2) is 16.6 Å². The van der Waals surface area contributed by atoms with Gasteiger partial charge in [-0.2, -0.15) is 9.95 Å². The number of benzene rings is 1. The predicted octanol–water partition coefficient (Wildman–Crippen LogP) is 1.69. The molecular formula is C15H22N5O2S+.